The summed E-state index contributed by atoms with van der Waals surface area (Å²) in [6.07, 6.45) is 4.49. The van der Waals surface area contributed by atoms with Gasteiger partial charge in [-0.15, -0.1) is 0 Å². The van der Waals surface area contributed by atoms with E-state index in [1.54, 1.807) is 12.4 Å². The Hall–Kier alpha value is -2.79. The fraction of sp³-hybridized carbons (Fsp3) is 0.250. The molecule has 126 valence electrons. The predicted octanol–water partition coefficient (Wildman–Crippen LogP) is 3.36. The number of benzene rings is 1. The normalized spacial score (nSPS) is 14.6. The number of fused-ring (bicyclic) bond motifs is 1. The largest absolute Gasteiger partial charge is 0.363 e. The number of pyridine rings is 1. The molecule has 0 amide bonds. The van der Waals surface area contributed by atoms with Gasteiger partial charge in [-0.1, -0.05) is 30.3 Å². The Morgan fingerprint density at radius 3 is 2.64 bits per heavy atom. The number of anilines is 1. The number of rotatable bonds is 4. The molecular formula is C20H21N5. The molecule has 0 aliphatic carbocycles. The Morgan fingerprint density at radius 2 is 1.84 bits per heavy atom. The van der Waals surface area contributed by atoms with Crippen molar-refractivity contribution in [2.45, 2.75) is 25.9 Å². The van der Waals surface area contributed by atoms with E-state index in [1.807, 2.05) is 18.2 Å². The molecule has 2 aromatic heterocycles. The number of hydrogen-bond donors (Lipinski definition) is 2. The van der Waals surface area contributed by atoms with Crippen LogP contribution in [0.15, 0.2) is 54.9 Å². The SMILES string of the molecule is C[C@@H](Nc1nc(-c2ccncc2)nc2c1CCNC2)c1ccccc1. The first-order chi connectivity index (χ1) is 12.3. The summed E-state index contributed by atoms with van der Waals surface area (Å²) in [4.78, 5) is 13.7. The molecule has 1 aromatic carbocycles. The van der Waals surface area contributed by atoms with Gasteiger partial charge in [0.25, 0.3) is 0 Å². The maximum absolute atomic E-state index is 4.84. The van der Waals surface area contributed by atoms with E-state index in [4.69, 9.17) is 9.97 Å². The molecule has 3 heterocycles. The van der Waals surface area contributed by atoms with Crippen LogP contribution < -0.4 is 10.6 Å². The molecule has 5 heteroatoms. The Morgan fingerprint density at radius 1 is 1.04 bits per heavy atom. The second-order valence-corrected chi connectivity index (χ2v) is 6.26. The van der Waals surface area contributed by atoms with E-state index in [0.29, 0.717) is 0 Å². The Balaban J connectivity index is 1.72. The molecule has 1 aliphatic rings. The molecule has 4 rings (SSSR count). The van der Waals surface area contributed by atoms with Crippen molar-refractivity contribution in [2.24, 2.45) is 0 Å². The third kappa shape index (κ3) is 3.37. The standard InChI is InChI=1S/C20H21N5/c1-14(15-5-3-2-4-6-15)23-20-17-9-12-22-13-18(17)24-19(25-20)16-7-10-21-11-8-16/h2-8,10-11,14,22H,9,12-13H2,1H3,(H,23,24,25)/t14-/m1/s1. The monoisotopic (exact) mass is 331 g/mol. The molecule has 0 saturated heterocycles. The van der Waals surface area contributed by atoms with Gasteiger partial charge in [-0.25, -0.2) is 9.97 Å². The first-order valence-electron chi connectivity index (χ1n) is 8.63. The first kappa shape index (κ1) is 15.7. The van der Waals surface area contributed by atoms with E-state index in [2.05, 4.69) is 46.8 Å². The van der Waals surface area contributed by atoms with Gasteiger partial charge in [0.2, 0.25) is 0 Å². The maximum atomic E-state index is 4.84. The second-order valence-electron chi connectivity index (χ2n) is 6.26. The number of nitrogens with one attached hydrogen (secondary N) is 2. The summed E-state index contributed by atoms with van der Waals surface area (Å²) in [5, 5.41) is 7.00. The van der Waals surface area contributed by atoms with Crippen molar-refractivity contribution in [1.29, 1.82) is 0 Å². The number of nitrogens with zero attached hydrogens (tertiary/aromatic N) is 3. The summed E-state index contributed by atoms with van der Waals surface area (Å²) < 4.78 is 0. The third-order valence-corrected chi connectivity index (χ3v) is 4.53. The Labute approximate surface area is 147 Å². The van der Waals surface area contributed by atoms with Crippen LogP contribution in [0, 0.1) is 0 Å². The van der Waals surface area contributed by atoms with Crippen LogP contribution in [0.3, 0.4) is 0 Å². The van der Waals surface area contributed by atoms with Crippen LogP contribution in [0.1, 0.15) is 29.8 Å². The van der Waals surface area contributed by atoms with E-state index in [9.17, 15) is 0 Å². The molecule has 0 radical (unpaired) electrons. The molecule has 0 unspecified atom stereocenters. The van der Waals surface area contributed by atoms with Gasteiger partial charge in [0.1, 0.15) is 5.82 Å². The van der Waals surface area contributed by atoms with E-state index in [1.165, 1.54) is 11.1 Å². The van der Waals surface area contributed by atoms with Gasteiger partial charge in [-0.2, -0.15) is 0 Å². The van der Waals surface area contributed by atoms with Gasteiger partial charge in [-0.05, 0) is 37.6 Å². The maximum Gasteiger partial charge on any atom is 0.161 e. The average Bonchev–Trinajstić information content (AvgIpc) is 2.69. The fourth-order valence-corrected chi connectivity index (χ4v) is 3.14. The lowest BCUT2D eigenvalue weighted by molar-refractivity contribution is 0.624. The van der Waals surface area contributed by atoms with Crippen molar-refractivity contribution in [3.8, 4) is 11.4 Å². The molecule has 1 atom stereocenters. The fourth-order valence-electron chi connectivity index (χ4n) is 3.14. The van der Waals surface area contributed by atoms with E-state index in [0.717, 1.165) is 42.4 Å². The average molecular weight is 331 g/mol. The molecule has 2 N–H and O–H groups in total. The van der Waals surface area contributed by atoms with Crippen molar-refractivity contribution >= 4 is 5.82 Å². The third-order valence-electron chi connectivity index (χ3n) is 4.53. The summed E-state index contributed by atoms with van der Waals surface area (Å²) >= 11 is 0. The van der Waals surface area contributed by atoms with Crippen LogP contribution in [0.2, 0.25) is 0 Å². The van der Waals surface area contributed by atoms with Crippen LogP contribution in [-0.4, -0.2) is 21.5 Å². The van der Waals surface area contributed by atoms with Crippen molar-refractivity contribution < 1.29 is 0 Å². The smallest absolute Gasteiger partial charge is 0.161 e. The molecular weight excluding hydrogens is 310 g/mol. The molecule has 5 nitrogen and oxygen atoms in total. The number of aromatic nitrogens is 3. The zero-order valence-corrected chi connectivity index (χ0v) is 14.2. The highest BCUT2D eigenvalue weighted by Crippen LogP contribution is 2.27. The van der Waals surface area contributed by atoms with Gasteiger partial charge in [-0.3, -0.25) is 4.98 Å². The summed E-state index contributed by atoms with van der Waals surface area (Å²) in [5.74, 6) is 1.68. The Kier molecular flexibility index (Phi) is 4.39. The highest BCUT2D eigenvalue weighted by Gasteiger charge is 2.19. The highest BCUT2D eigenvalue weighted by atomic mass is 15.1. The molecule has 0 fully saturated rings. The summed E-state index contributed by atoms with van der Waals surface area (Å²) in [6.45, 7) is 3.90. The molecule has 0 saturated carbocycles. The zero-order valence-electron chi connectivity index (χ0n) is 14.2. The lowest BCUT2D eigenvalue weighted by Crippen LogP contribution is -2.27. The highest BCUT2D eigenvalue weighted by molar-refractivity contribution is 5.60. The summed E-state index contributed by atoms with van der Waals surface area (Å²) in [6, 6.07) is 14.5. The molecule has 25 heavy (non-hydrogen) atoms. The topological polar surface area (TPSA) is 62.7 Å². The minimum atomic E-state index is 0.181. The lowest BCUT2D eigenvalue weighted by Gasteiger charge is -2.23. The predicted molar refractivity (Wildman–Crippen MR) is 99.2 cm³/mol. The van der Waals surface area contributed by atoms with Crippen LogP contribution >= 0.6 is 0 Å². The first-order valence-corrected chi connectivity index (χ1v) is 8.63. The van der Waals surface area contributed by atoms with Crippen LogP contribution in [0.4, 0.5) is 5.82 Å². The Bertz CT molecular complexity index is 849. The second kappa shape index (κ2) is 6.99. The van der Waals surface area contributed by atoms with Gasteiger partial charge in [0.05, 0.1) is 5.69 Å². The van der Waals surface area contributed by atoms with Crippen molar-refractivity contribution in [3.05, 3.63) is 71.7 Å². The van der Waals surface area contributed by atoms with Crippen LogP contribution in [-0.2, 0) is 13.0 Å². The van der Waals surface area contributed by atoms with Crippen molar-refractivity contribution in [2.75, 3.05) is 11.9 Å². The van der Waals surface area contributed by atoms with Crippen LogP contribution in [0.25, 0.3) is 11.4 Å². The van der Waals surface area contributed by atoms with Gasteiger partial charge in [0, 0.05) is 36.1 Å². The van der Waals surface area contributed by atoms with Crippen molar-refractivity contribution in [1.82, 2.24) is 20.3 Å². The molecule has 1 aliphatic heterocycles. The van der Waals surface area contributed by atoms with Gasteiger partial charge >= 0.3 is 0 Å². The van der Waals surface area contributed by atoms with Crippen LogP contribution in [0.5, 0.6) is 0 Å². The minimum absolute atomic E-state index is 0.181. The minimum Gasteiger partial charge on any atom is -0.363 e. The van der Waals surface area contributed by atoms with E-state index in [-0.39, 0.29) is 6.04 Å². The van der Waals surface area contributed by atoms with E-state index >= 15 is 0 Å². The van der Waals surface area contributed by atoms with E-state index < -0.39 is 0 Å². The molecule has 0 spiro atoms. The summed E-state index contributed by atoms with van der Waals surface area (Å²) in [7, 11) is 0. The summed E-state index contributed by atoms with van der Waals surface area (Å²) in [5.41, 5.74) is 4.53. The molecule has 0 bridgehead atoms. The zero-order chi connectivity index (χ0) is 17.1. The van der Waals surface area contributed by atoms with Gasteiger partial charge < -0.3 is 10.6 Å². The quantitative estimate of drug-likeness (QED) is 0.767. The lowest BCUT2D eigenvalue weighted by atomic mass is 10.0. The number of hydrogen-bond acceptors (Lipinski definition) is 5. The van der Waals surface area contributed by atoms with Crippen molar-refractivity contribution in [3.63, 3.8) is 0 Å². The molecule has 3 aromatic rings. The van der Waals surface area contributed by atoms with Gasteiger partial charge in [0.15, 0.2) is 5.82 Å².